The first-order valence-corrected chi connectivity index (χ1v) is 4.76. The molecule has 0 aromatic heterocycles. The summed E-state index contributed by atoms with van der Waals surface area (Å²) in [6, 6.07) is 3.47. The van der Waals surface area contributed by atoms with Gasteiger partial charge in [0.2, 0.25) is 17.2 Å². The summed E-state index contributed by atoms with van der Waals surface area (Å²) in [5, 5.41) is 0. The van der Waals surface area contributed by atoms with E-state index in [-0.39, 0.29) is 11.1 Å². The molecule has 0 atom stereocenters. The van der Waals surface area contributed by atoms with Gasteiger partial charge in [-0.25, -0.2) is 4.39 Å². The Bertz CT molecular complexity index is 444. The Hall–Kier alpha value is -1.51. The minimum Gasteiger partial charge on any atom is -0.290 e. The van der Waals surface area contributed by atoms with Crippen molar-refractivity contribution in [2.24, 2.45) is 0 Å². The molecule has 1 aromatic carbocycles. The number of Topliss-reactive ketones (excluding diaryl/α,β-unsaturated/α-hetero) is 2. The molecular weight excluding hydrogens is 195 g/mol. The van der Waals surface area contributed by atoms with E-state index in [9.17, 15) is 14.0 Å². The van der Waals surface area contributed by atoms with Crippen LogP contribution in [-0.2, 0) is 0 Å². The summed E-state index contributed by atoms with van der Waals surface area (Å²) >= 11 is 0. The Morgan fingerprint density at radius 3 is 1.67 bits per heavy atom. The zero-order valence-electron chi connectivity index (χ0n) is 8.85. The number of aryl methyl sites for hydroxylation is 2. The number of alkyl halides is 1. The number of carbonyl (C=O) groups excluding carboxylic acids is 2. The monoisotopic (exact) mass is 206 g/mol. The molecule has 0 amide bonds. The van der Waals surface area contributed by atoms with E-state index < -0.39 is 17.2 Å². The molecule has 0 spiro atoms. The number of carbonyl (C=O) groups is 2. The van der Waals surface area contributed by atoms with Gasteiger partial charge in [0.25, 0.3) is 0 Å². The third-order valence-corrected chi connectivity index (χ3v) is 2.93. The fourth-order valence-corrected chi connectivity index (χ4v) is 1.97. The number of hydrogen-bond acceptors (Lipinski definition) is 2. The van der Waals surface area contributed by atoms with Gasteiger partial charge in [0.1, 0.15) is 0 Å². The lowest BCUT2D eigenvalue weighted by atomic mass is 9.99. The van der Waals surface area contributed by atoms with Gasteiger partial charge in [-0.05, 0) is 31.9 Å². The van der Waals surface area contributed by atoms with Crippen molar-refractivity contribution in [3.05, 3.63) is 34.4 Å². The maximum atomic E-state index is 13.9. The molecule has 1 aliphatic carbocycles. The molecule has 1 aromatic rings. The molecule has 0 saturated carbocycles. The summed E-state index contributed by atoms with van der Waals surface area (Å²) in [6.07, 6.45) is 0. The van der Waals surface area contributed by atoms with Crippen molar-refractivity contribution in [3.63, 3.8) is 0 Å². The molecule has 1 aliphatic rings. The van der Waals surface area contributed by atoms with Crippen molar-refractivity contribution in [2.75, 3.05) is 0 Å². The Morgan fingerprint density at radius 1 is 1.00 bits per heavy atom. The van der Waals surface area contributed by atoms with Crippen molar-refractivity contribution >= 4 is 11.6 Å². The number of halogens is 1. The highest BCUT2D eigenvalue weighted by atomic mass is 19.1. The second-order valence-corrected chi connectivity index (χ2v) is 4.11. The first-order valence-electron chi connectivity index (χ1n) is 4.76. The smallest absolute Gasteiger partial charge is 0.232 e. The fraction of sp³-hybridized carbons (Fsp3) is 0.333. The van der Waals surface area contributed by atoms with E-state index in [0.717, 1.165) is 6.92 Å². The van der Waals surface area contributed by atoms with Crippen LogP contribution in [0, 0.1) is 13.8 Å². The highest BCUT2D eigenvalue weighted by molar-refractivity contribution is 6.32. The van der Waals surface area contributed by atoms with Gasteiger partial charge in [0.05, 0.1) is 0 Å². The number of fused-ring (bicyclic) bond motifs is 1. The van der Waals surface area contributed by atoms with Gasteiger partial charge in [-0.15, -0.1) is 0 Å². The summed E-state index contributed by atoms with van der Waals surface area (Å²) in [6.45, 7) is 4.46. The fourth-order valence-electron chi connectivity index (χ4n) is 1.97. The van der Waals surface area contributed by atoms with Gasteiger partial charge >= 0.3 is 0 Å². The Balaban J connectivity index is 2.84. The lowest BCUT2D eigenvalue weighted by Crippen LogP contribution is -2.32. The van der Waals surface area contributed by atoms with Gasteiger partial charge in [0, 0.05) is 11.1 Å². The molecule has 0 radical (unpaired) electrons. The van der Waals surface area contributed by atoms with Crippen LogP contribution in [0.25, 0.3) is 0 Å². The molecule has 0 heterocycles. The van der Waals surface area contributed by atoms with Crippen LogP contribution >= 0.6 is 0 Å². The Morgan fingerprint density at radius 2 is 1.33 bits per heavy atom. The normalized spacial score (nSPS) is 18.1. The molecule has 15 heavy (non-hydrogen) atoms. The van der Waals surface area contributed by atoms with Crippen LogP contribution in [0.4, 0.5) is 4.39 Å². The molecule has 0 bridgehead atoms. The molecule has 0 fully saturated rings. The predicted octanol–water partition coefficient (Wildman–Crippen LogP) is 2.41. The molecule has 78 valence electrons. The maximum absolute atomic E-state index is 13.9. The largest absolute Gasteiger partial charge is 0.290 e. The van der Waals surface area contributed by atoms with Crippen molar-refractivity contribution in [2.45, 2.75) is 26.4 Å². The van der Waals surface area contributed by atoms with Crippen molar-refractivity contribution in [1.82, 2.24) is 0 Å². The lowest BCUT2D eigenvalue weighted by Gasteiger charge is -2.07. The van der Waals surface area contributed by atoms with E-state index in [2.05, 4.69) is 0 Å². The van der Waals surface area contributed by atoms with Crippen LogP contribution in [0.1, 0.15) is 38.8 Å². The maximum Gasteiger partial charge on any atom is 0.232 e. The molecule has 0 unspecified atom stereocenters. The minimum absolute atomic E-state index is 0.255. The van der Waals surface area contributed by atoms with E-state index in [1.54, 1.807) is 26.0 Å². The van der Waals surface area contributed by atoms with Crippen molar-refractivity contribution in [1.29, 1.82) is 0 Å². The van der Waals surface area contributed by atoms with Crippen LogP contribution in [0.15, 0.2) is 12.1 Å². The van der Waals surface area contributed by atoms with Gasteiger partial charge in [0.15, 0.2) is 0 Å². The summed E-state index contributed by atoms with van der Waals surface area (Å²) < 4.78 is 13.9. The summed E-state index contributed by atoms with van der Waals surface area (Å²) in [4.78, 5) is 23.4. The van der Waals surface area contributed by atoms with Crippen molar-refractivity contribution < 1.29 is 14.0 Å². The molecule has 0 saturated heterocycles. The molecular formula is C12H11FO2. The molecule has 2 nitrogen and oxygen atoms in total. The summed E-state index contributed by atoms with van der Waals surface area (Å²) in [5.74, 6) is -1.41. The first-order chi connectivity index (χ1) is 6.87. The second kappa shape index (κ2) is 2.75. The van der Waals surface area contributed by atoms with Crippen LogP contribution < -0.4 is 0 Å². The average Bonchev–Trinajstić information content (AvgIpc) is 2.35. The minimum atomic E-state index is -2.38. The zero-order chi connectivity index (χ0) is 11.4. The zero-order valence-corrected chi connectivity index (χ0v) is 8.85. The first kappa shape index (κ1) is 10.0. The van der Waals surface area contributed by atoms with Crippen LogP contribution in [0.3, 0.4) is 0 Å². The Kier molecular flexibility index (Phi) is 1.84. The van der Waals surface area contributed by atoms with E-state index in [1.807, 2.05) is 0 Å². The topological polar surface area (TPSA) is 34.1 Å². The highest BCUT2D eigenvalue weighted by Gasteiger charge is 2.51. The van der Waals surface area contributed by atoms with Crippen LogP contribution in [0.2, 0.25) is 0 Å². The predicted molar refractivity (Wildman–Crippen MR) is 54.1 cm³/mol. The number of rotatable bonds is 0. The van der Waals surface area contributed by atoms with E-state index in [1.165, 1.54) is 0 Å². The summed E-state index contributed by atoms with van der Waals surface area (Å²) in [7, 11) is 0. The van der Waals surface area contributed by atoms with Gasteiger partial charge < -0.3 is 0 Å². The number of hydrogen-bond donors (Lipinski definition) is 0. The van der Waals surface area contributed by atoms with Crippen molar-refractivity contribution in [3.8, 4) is 0 Å². The number of benzene rings is 1. The van der Waals surface area contributed by atoms with Gasteiger partial charge in [-0.2, -0.15) is 0 Å². The van der Waals surface area contributed by atoms with E-state index in [4.69, 9.17) is 0 Å². The third-order valence-electron chi connectivity index (χ3n) is 2.93. The molecule has 2 rings (SSSR count). The SMILES string of the molecule is Cc1ccc(C)c2c1C(=O)C(C)(F)C2=O. The molecule has 0 N–H and O–H groups in total. The van der Waals surface area contributed by atoms with Gasteiger partial charge in [-0.3, -0.25) is 9.59 Å². The van der Waals surface area contributed by atoms with Gasteiger partial charge in [-0.1, -0.05) is 12.1 Å². The quantitative estimate of drug-likeness (QED) is 0.611. The molecule has 3 heteroatoms. The number of ketones is 2. The van der Waals surface area contributed by atoms with E-state index in [0.29, 0.717) is 11.1 Å². The molecule has 0 aliphatic heterocycles. The average molecular weight is 206 g/mol. The van der Waals surface area contributed by atoms with E-state index >= 15 is 0 Å². The third kappa shape index (κ3) is 1.09. The standard InChI is InChI=1S/C12H11FO2/c1-6-4-5-7(2)9-8(6)10(14)12(3,13)11(9)15/h4-5H,1-3H3. The highest BCUT2D eigenvalue weighted by Crippen LogP contribution is 2.36. The second-order valence-electron chi connectivity index (χ2n) is 4.11. The van der Waals surface area contributed by atoms with Crippen LogP contribution in [0.5, 0.6) is 0 Å². The van der Waals surface area contributed by atoms with Crippen LogP contribution in [-0.4, -0.2) is 17.2 Å². The Labute approximate surface area is 87.1 Å². The summed E-state index contributed by atoms with van der Waals surface area (Å²) in [5.41, 5.74) is -0.542. The lowest BCUT2D eigenvalue weighted by molar-refractivity contribution is 0.0638.